The SMILES string of the molecule is O=C(NCc1ccc2c(c1)OCO2)c1cc2c(s1)C1=C(SC2)C2CC2C=C1. The van der Waals surface area contributed by atoms with Gasteiger partial charge in [-0.3, -0.25) is 4.79 Å². The predicted molar refractivity (Wildman–Crippen MR) is 107 cm³/mol. The van der Waals surface area contributed by atoms with E-state index >= 15 is 0 Å². The van der Waals surface area contributed by atoms with Gasteiger partial charge in [-0.15, -0.1) is 23.1 Å². The molecule has 0 saturated heterocycles. The van der Waals surface area contributed by atoms with E-state index < -0.39 is 0 Å². The van der Waals surface area contributed by atoms with E-state index in [4.69, 9.17) is 9.47 Å². The molecule has 4 nitrogen and oxygen atoms in total. The Hall–Kier alpha value is -2.18. The topological polar surface area (TPSA) is 47.6 Å². The maximum absolute atomic E-state index is 12.7. The van der Waals surface area contributed by atoms with Gasteiger partial charge in [-0.25, -0.2) is 0 Å². The molecule has 2 unspecified atom stereocenters. The first-order valence-electron chi connectivity index (χ1n) is 9.11. The first kappa shape index (κ1) is 15.8. The fraction of sp³-hybridized carbons (Fsp3) is 0.286. The summed E-state index contributed by atoms with van der Waals surface area (Å²) in [5.74, 6) is 3.99. The van der Waals surface area contributed by atoms with Crippen LogP contribution >= 0.6 is 23.1 Å². The van der Waals surface area contributed by atoms with Gasteiger partial charge in [-0.05, 0) is 52.5 Å². The largest absolute Gasteiger partial charge is 0.454 e. The molecule has 1 aromatic carbocycles. The van der Waals surface area contributed by atoms with Gasteiger partial charge in [0.25, 0.3) is 5.91 Å². The molecule has 2 aromatic rings. The Bertz CT molecular complexity index is 1040. The molecule has 0 radical (unpaired) electrons. The second-order valence-electron chi connectivity index (χ2n) is 7.27. The van der Waals surface area contributed by atoms with Crippen LogP contribution in [0.3, 0.4) is 0 Å². The Kier molecular flexibility index (Phi) is 3.47. The lowest BCUT2D eigenvalue weighted by Gasteiger charge is -2.20. The van der Waals surface area contributed by atoms with E-state index in [9.17, 15) is 4.79 Å². The van der Waals surface area contributed by atoms with Crippen molar-refractivity contribution in [2.24, 2.45) is 11.8 Å². The van der Waals surface area contributed by atoms with E-state index in [2.05, 4.69) is 23.5 Å². The van der Waals surface area contributed by atoms with Crippen LogP contribution in [0.1, 0.15) is 32.1 Å². The summed E-state index contributed by atoms with van der Waals surface area (Å²) in [6.45, 7) is 0.738. The van der Waals surface area contributed by atoms with Crippen LogP contribution < -0.4 is 14.8 Å². The maximum atomic E-state index is 12.7. The number of benzene rings is 1. The smallest absolute Gasteiger partial charge is 0.261 e. The second kappa shape index (κ2) is 5.91. The van der Waals surface area contributed by atoms with Gasteiger partial charge in [0, 0.05) is 22.7 Å². The molecule has 3 heterocycles. The number of thioether (sulfide) groups is 1. The Morgan fingerprint density at radius 3 is 3.11 bits per heavy atom. The van der Waals surface area contributed by atoms with Crippen LogP contribution in [-0.4, -0.2) is 12.7 Å². The first-order valence-corrected chi connectivity index (χ1v) is 10.9. The van der Waals surface area contributed by atoms with Gasteiger partial charge < -0.3 is 14.8 Å². The summed E-state index contributed by atoms with van der Waals surface area (Å²) in [6, 6.07) is 7.84. The molecule has 1 fully saturated rings. The molecular weight excluding hydrogens is 378 g/mol. The molecule has 1 saturated carbocycles. The van der Waals surface area contributed by atoms with Gasteiger partial charge in [-0.2, -0.15) is 0 Å². The zero-order valence-corrected chi connectivity index (χ0v) is 16.1. The third kappa shape index (κ3) is 2.62. The molecule has 27 heavy (non-hydrogen) atoms. The summed E-state index contributed by atoms with van der Waals surface area (Å²) in [5, 5.41) is 3.04. The molecule has 2 atom stereocenters. The van der Waals surface area contributed by atoms with Crippen LogP contribution in [0.25, 0.3) is 5.57 Å². The number of allylic oxidation sites excluding steroid dienone is 4. The molecule has 1 N–H and O–H groups in total. The fourth-order valence-corrected chi connectivity index (χ4v) is 6.60. The fourth-order valence-electron chi connectivity index (χ4n) is 3.95. The number of nitrogens with one attached hydrogen (secondary N) is 1. The van der Waals surface area contributed by atoms with Crippen molar-refractivity contribution in [1.82, 2.24) is 5.32 Å². The predicted octanol–water partition coefficient (Wildman–Crippen LogP) is 4.57. The summed E-state index contributed by atoms with van der Waals surface area (Å²) in [4.78, 5) is 16.3. The number of thiophene rings is 1. The number of carbonyl (C=O) groups excluding carboxylic acids is 1. The van der Waals surface area contributed by atoms with Crippen molar-refractivity contribution in [2.45, 2.75) is 18.7 Å². The molecule has 6 rings (SSSR count). The lowest BCUT2D eigenvalue weighted by Crippen LogP contribution is -2.21. The van der Waals surface area contributed by atoms with Gasteiger partial charge in [0.05, 0.1) is 4.88 Å². The average molecular weight is 396 g/mol. The van der Waals surface area contributed by atoms with Gasteiger partial charge in [-0.1, -0.05) is 18.2 Å². The third-order valence-corrected chi connectivity index (χ3v) is 8.00. The molecule has 1 aromatic heterocycles. The Morgan fingerprint density at radius 1 is 1.22 bits per heavy atom. The molecule has 0 spiro atoms. The molecule has 2 aliphatic carbocycles. The standard InChI is InChI=1S/C21H17NO3S2/c23-21(22-8-11-1-4-16-17(5-11)25-10-24-16)18-7-13-9-26-20-14(19(13)27-18)3-2-12-6-15(12)20/h1-5,7,12,15H,6,8-10H2,(H,22,23). The minimum Gasteiger partial charge on any atom is -0.454 e. The van der Waals surface area contributed by atoms with E-state index in [0.29, 0.717) is 6.54 Å². The normalized spacial score (nSPS) is 23.6. The number of hydrogen-bond acceptors (Lipinski definition) is 5. The van der Waals surface area contributed by atoms with Crippen molar-refractivity contribution in [2.75, 3.05) is 6.79 Å². The zero-order chi connectivity index (χ0) is 18.0. The highest BCUT2D eigenvalue weighted by molar-refractivity contribution is 8.02. The summed E-state index contributed by atoms with van der Waals surface area (Å²) in [7, 11) is 0. The number of ether oxygens (including phenoxy) is 2. The Labute approximate surface area is 165 Å². The molecule has 136 valence electrons. The molecule has 1 amide bonds. The van der Waals surface area contributed by atoms with Crippen LogP contribution in [0.5, 0.6) is 11.5 Å². The summed E-state index contributed by atoms with van der Waals surface area (Å²) in [5.41, 5.74) is 3.66. The van der Waals surface area contributed by atoms with Crippen LogP contribution in [0.15, 0.2) is 41.3 Å². The Balaban J connectivity index is 1.20. The monoisotopic (exact) mass is 395 g/mol. The second-order valence-corrected chi connectivity index (χ2v) is 9.34. The van der Waals surface area contributed by atoms with Crippen molar-refractivity contribution < 1.29 is 14.3 Å². The van der Waals surface area contributed by atoms with E-state index in [0.717, 1.165) is 39.5 Å². The quantitative estimate of drug-likeness (QED) is 0.827. The van der Waals surface area contributed by atoms with E-state index in [1.807, 2.05) is 30.0 Å². The highest BCUT2D eigenvalue weighted by atomic mass is 32.2. The van der Waals surface area contributed by atoms with Crippen LogP contribution in [0, 0.1) is 11.8 Å². The minimum atomic E-state index is -0.0108. The van der Waals surface area contributed by atoms with E-state index in [1.165, 1.54) is 22.4 Å². The maximum Gasteiger partial charge on any atom is 0.261 e. The molecule has 4 aliphatic rings. The van der Waals surface area contributed by atoms with Gasteiger partial charge in [0.1, 0.15) is 0 Å². The van der Waals surface area contributed by atoms with Crippen molar-refractivity contribution >= 4 is 34.6 Å². The number of rotatable bonds is 3. The van der Waals surface area contributed by atoms with Crippen molar-refractivity contribution in [3.8, 4) is 11.5 Å². The molecule has 2 aliphatic heterocycles. The number of fused-ring (bicyclic) bond motifs is 5. The summed E-state index contributed by atoms with van der Waals surface area (Å²) in [6.07, 6.45) is 5.92. The van der Waals surface area contributed by atoms with E-state index in [-0.39, 0.29) is 12.7 Å². The zero-order valence-electron chi connectivity index (χ0n) is 14.5. The molecule has 0 bridgehead atoms. The summed E-state index contributed by atoms with van der Waals surface area (Å²) >= 11 is 3.59. The first-order chi connectivity index (χ1) is 13.3. The third-order valence-electron chi connectivity index (χ3n) is 5.50. The molecule has 6 heteroatoms. The number of amides is 1. The van der Waals surface area contributed by atoms with Crippen molar-refractivity contribution in [3.63, 3.8) is 0 Å². The molecular formula is C21H17NO3S2. The van der Waals surface area contributed by atoms with Crippen molar-refractivity contribution in [3.05, 3.63) is 62.2 Å². The average Bonchev–Trinajstić information content (AvgIpc) is 3.13. The van der Waals surface area contributed by atoms with Crippen LogP contribution in [-0.2, 0) is 12.3 Å². The number of carbonyl (C=O) groups is 1. The van der Waals surface area contributed by atoms with Gasteiger partial charge in [0.2, 0.25) is 6.79 Å². The van der Waals surface area contributed by atoms with Crippen molar-refractivity contribution in [1.29, 1.82) is 0 Å². The van der Waals surface area contributed by atoms with Crippen LogP contribution in [0.2, 0.25) is 0 Å². The lowest BCUT2D eigenvalue weighted by atomic mass is 10.0. The van der Waals surface area contributed by atoms with Gasteiger partial charge >= 0.3 is 0 Å². The Morgan fingerprint density at radius 2 is 2.15 bits per heavy atom. The lowest BCUT2D eigenvalue weighted by molar-refractivity contribution is 0.0955. The number of hydrogen-bond donors (Lipinski definition) is 1. The highest BCUT2D eigenvalue weighted by Crippen LogP contribution is 2.58. The summed E-state index contributed by atoms with van der Waals surface area (Å²) < 4.78 is 10.7. The highest BCUT2D eigenvalue weighted by Gasteiger charge is 2.43. The van der Waals surface area contributed by atoms with Crippen LogP contribution in [0.4, 0.5) is 0 Å². The minimum absolute atomic E-state index is 0.0108. The van der Waals surface area contributed by atoms with Gasteiger partial charge in [0.15, 0.2) is 11.5 Å². The van der Waals surface area contributed by atoms with E-state index in [1.54, 1.807) is 16.2 Å².